The number of hydroxylamine groups is 1. The number of hydrogen-bond donors (Lipinski definition) is 3. The van der Waals surface area contributed by atoms with Gasteiger partial charge < -0.3 is 23.6 Å². The summed E-state index contributed by atoms with van der Waals surface area (Å²) >= 11 is 3.33. The molecule has 0 aliphatic heterocycles. The molecule has 0 saturated heterocycles. The van der Waals surface area contributed by atoms with Crippen LogP contribution in [0.1, 0.15) is 171 Å². The molecule has 3 aromatic carbocycles. The molecule has 1 amide bonds. The van der Waals surface area contributed by atoms with Crippen molar-refractivity contribution in [3.63, 3.8) is 0 Å². The number of nitrogens with zero attached hydrogens (tertiary/aromatic N) is 2. The molecule has 3 heterocycles. The molecule has 6 aromatic rings. The normalized spacial score (nSPS) is 13.6. The fourth-order valence-electron chi connectivity index (χ4n) is 10.4. The minimum absolute atomic E-state index is 0. The molecule has 0 spiro atoms. The Labute approximate surface area is 415 Å². The average Bonchev–Trinajstić information content (AvgIpc) is 4.01. The van der Waals surface area contributed by atoms with E-state index in [9.17, 15) is 14.4 Å². The number of carbonyl (C=O) groups is 3. The summed E-state index contributed by atoms with van der Waals surface area (Å²) in [5.74, 6) is -0.0374. The Morgan fingerprint density at radius 3 is 1.65 bits per heavy atom. The summed E-state index contributed by atoms with van der Waals surface area (Å²) in [4.78, 5) is 36.3. The number of Topliss-reactive ketones (excluding diaryl/α,β-unsaturated/α-hetero) is 1. The van der Waals surface area contributed by atoms with Crippen LogP contribution in [0.4, 0.5) is 0 Å². The zero-order valence-corrected chi connectivity index (χ0v) is 42.2. The van der Waals surface area contributed by atoms with E-state index in [0.717, 1.165) is 69.8 Å². The molecule has 370 valence electrons. The number of ether oxygens (including phenoxy) is 1. The van der Waals surface area contributed by atoms with E-state index in [-0.39, 0.29) is 19.3 Å². The number of hydrogen-bond acceptors (Lipinski definition) is 5. The fraction of sp³-hybridized carbons (Fsp3) is 0.534. The van der Waals surface area contributed by atoms with E-state index in [1.54, 1.807) is 34.8 Å². The molecule has 3 aromatic heterocycles. The van der Waals surface area contributed by atoms with Crippen molar-refractivity contribution < 1.29 is 24.3 Å². The highest BCUT2D eigenvalue weighted by molar-refractivity contribution is 9.09. The van der Waals surface area contributed by atoms with Gasteiger partial charge in [-0.05, 0) is 164 Å². The second kappa shape index (κ2) is 29.4. The SMILES string of the molecule is C.CC(=O)CCCCCBr.CCOC(=O)CCCCCn1c2c(c3ccccc31)CCCC2.O=C(CCCCCn1c2c(c3ccccc31)CCCC2)NO.c1ccc2c3c([nH]c2c1)CCCC3. The Hall–Kier alpha value is -4.67. The molecule has 9 rings (SSSR count). The third-order valence-corrected chi connectivity index (χ3v) is 14.3. The van der Waals surface area contributed by atoms with Gasteiger partial charge in [-0.2, -0.15) is 0 Å². The number of fused-ring (bicyclic) bond motifs is 9. The maximum atomic E-state index is 11.4. The number of amides is 1. The number of alkyl halides is 1. The van der Waals surface area contributed by atoms with E-state index in [2.05, 4.69) is 103 Å². The molecule has 0 radical (unpaired) electrons. The van der Waals surface area contributed by atoms with Gasteiger partial charge in [-0.15, -0.1) is 0 Å². The van der Waals surface area contributed by atoms with Crippen LogP contribution in [0.2, 0.25) is 0 Å². The summed E-state index contributed by atoms with van der Waals surface area (Å²) in [6.45, 7) is 6.09. The highest BCUT2D eigenvalue weighted by Crippen LogP contribution is 2.34. The molecular weight excluding hydrogens is 913 g/mol. The number of benzene rings is 3. The summed E-state index contributed by atoms with van der Waals surface area (Å²) in [7, 11) is 0. The van der Waals surface area contributed by atoms with Crippen molar-refractivity contribution >= 4 is 66.3 Å². The van der Waals surface area contributed by atoms with E-state index < -0.39 is 0 Å². The highest BCUT2D eigenvalue weighted by atomic mass is 79.9. The average molecular weight is 994 g/mol. The van der Waals surface area contributed by atoms with Crippen LogP contribution in [0, 0.1) is 0 Å². The standard InChI is InChI=1S/C20H27NO2.C18H24N2O2.C12H13N.C7H13BrO.CH4/c1-2-23-20(22)14-4-3-9-15-21-18-12-7-5-10-16(18)17-11-6-8-13-19(17)21;21-18(19-22)12-2-1-7-13-20-16-10-5-3-8-14(16)15-9-4-6-11-17(15)20;1-3-7-11-9(5-1)10-6-2-4-8-12(10)13-11;1-7(9)5-3-2-4-6-8;/h5,7,10,12H,2-4,6,8-9,11,13-15H2,1H3;3,5,8,10,22H,1-2,4,6-7,9,11-13H2,(H,19,21);1,3,5,7,13H,2,4,6,8H2;2-6H2,1H3;1H4. The summed E-state index contributed by atoms with van der Waals surface area (Å²) in [6.07, 6.45) is 26.5. The van der Waals surface area contributed by atoms with Crippen LogP contribution in [0.3, 0.4) is 0 Å². The third kappa shape index (κ3) is 15.4. The van der Waals surface area contributed by atoms with Crippen LogP contribution in [0.15, 0.2) is 72.8 Å². The first-order valence-corrected chi connectivity index (χ1v) is 26.9. The van der Waals surface area contributed by atoms with Crippen LogP contribution < -0.4 is 5.48 Å². The van der Waals surface area contributed by atoms with Crippen molar-refractivity contribution in [1.82, 2.24) is 19.6 Å². The van der Waals surface area contributed by atoms with Crippen LogP contribution >= 0.6 is 15.9 Å². The number of aromatic amines is 1. The molecule has 0 fully saturated rings. The van der Waals surface area contributed by atoms with Gasteiger partial charge >= 0.3 is 5.97 Å². The Kier molecular flexibility index (Phi) is 23.4. The van der Waals surface area contributed by atoms with Gasteiger partial charge in [0.2, 0.25) is 5.91 Å². The van der Waals surface area contributed by atoms with Gasteiger partial charge in [0.1, 0.15) is 5.78 Å². The van der Waals surface area contributed by atoms with Crippen molar-refractivity contribution in [2.24, 2.45) is 0 Å². The lowest BCUT2D eigenvalue weighted by Gasteiger charge is -2.16. The largest absolute Gasteiger partial charge is 0.466 e. The molecule has 3 aliphatic carbocycles. The number of halogens is 1. The van der Waals surface area contributed by atoms with E-state index in [1.807, 2.05) is 6.92 Å². The van der Waals surface area contributed by atoms with Crippen molar-refractivity contribution in [1.29, 1.82) is 0 Å². The van der Waals surface area contributed by atoms with E-state index in [4.69, 9.17) is 9.94 Å². The van der Waals surface area contributed by atoms with Gasteiger partial charge in [0.15, 0.2) is 0 Å². The monoisotopic (exact) mass is 993 g/mol. The van der Waals surface area contributed by atoms with Crippen molar-refractivity contribution in [3.8, 4) is 0 Å². The Balaban J connectivity index is 0.000000178. The summed E-state index contributed by atoms with van der Waals surface area (Å²) in [5, 5.41) is 13.9. The summed E-state index contributed by atoms with van der Waals surface area (Å²) in [6, 6.07) is 26.2. The van der Waals surface area contributed by atoms with Crippen LogP contribution in [0.5, 0.6) is 0 Å². The molecule has 68 heavy (non-hydrogen) atoms. The second-order valence-corrected chi connectivity index (χ2v) is 19.4. The predicted octanol–water partition coefficient (Wildman–Crippen LogP) is 14.4. The minimum Gasteiger partial charge on any atom is -0.466 e. The molecule has 0 atom stereocenters. The predicted molar refractivity (Wildman–Crippen MR) is 285 cm³/mol. The third-order valence-electron chi connectivity index (χ3n) is 13.7. The second-order valence-electron chi connectivity index (χ2n) is 18.6. The van der Waals surface area contributed by atoms with E-state index in [1.165, 1.54) is 134 Å². The maximum absolute atomic E-state index is 11.4. The van der Waals surface area contributed by atoms with Crippen molar-refractivity contribution in [3.05, 3.63) is 107 Å². The molecular formula is C58H81BrN4O5. The van der Waals surface area contributed by atoms with Gasteiger partial charge in [0.25, 0.3) is 0 Å². The lowest BCUT2D eigenvalue weighted by Crippen LogP contribution is -2.17. The smallest absolute Gasteiger partial charge is 0.305 e. The highest BCUT2D eigenvalue weighted by Gasteiger charge is 2.21. The number of nitrogens with one attached hydrogen (secondary N) is 2. The first kappa shape index (κ1) is 54.3. The number of H-pyrrole nitrogens is 1. The zero-order valence-electron chi connectivity index (χ0n) is 40.6. The van der Waals surface area contributed by atoms with Gasteiger partial charge in [-0.1, -0.05) is 97.2 Å². The molecule has 0 saturated carbocycles. The molecule has 10 heteroatoms. The lowest BCUT2D eigenvalue weighted by molar-refractivity contribution is -0.143. The zero-order chi connectivity index (χ0) is 47.2. The van der Waals surface area contributed by atoms with Crippen molar-refractivity contribution in [2.45, 2.75) is 188 Å². The van der Waals surface area contributed by atoms with Gasteiger partial charge in [-0.25, -0.2) is 5.48 Å². The Morgan fingerprint density at radius 1 is 0.603 bits per heavy atom. The molecule has 9 nitrogen and oxygen atoms in total. The Bertz CT molecular complexity index is 2480. The number of ketones is 1. The van der Waals surface area contributed by atoms with Crippen molar-refractivity contribution in [2.75, 3.05) is 11.9 Å². The maximum Gasteiger partial charge on any atom is 0.305 e. The van der Waals surface area contributed by atoms with E-state index >= 15 is 0 Å². The molecule has 3 aliphatic rings. The fourth-order valence-corrected chi connectivity index (χ4v) is 10.8. The summed E-state index contributed by atoms with van der Waals surface area (Å²) < 4.78 is 10.0. The van der Waals surface area contributed by atoms with Crippen LogP contribution in [0.25, 0.3) is 32.7 Å². The van der Waals surface area contributed by atoms with Gasteiger partial charge in [-0.3, -0.25) is 14.8 Å². The number of para-hydroxylation sites is 3. The van der Waals surface area contributed by atoms with Gasteiger partial charge in [0.05, 0.1) is 6.61 Å². The molecule has 3 N–H and O–H groups in total. The lowest BCUT2D eigenvalue weighted by atomic mass is 9.95. The number of esters is 1. The summed E-state index contributed by atoms with van der Waals surface area (Å²) in [5.41, 5.74) is 15.0. The number of aryl methyl sites for hydroxylation is 6. The van der Waals surface area contributed by atoms with Crippen LogP contribution in [-0.2, 0) is 70.7 Å². The minimum atomic E-state index is -0.288. The number of aromatic nitrogens is 3. The van der Waals surface area contributed by atoms with Crippen LogP contribution in [-0.4, -0.2) is 48.9 Å². The topological polar surface area (TPSA) is 118 Å². The number of unbranched alkanes of at least 4 members (excludes halogenated alkanes) is 6. The molecule has 0 bridgehead atoms. The number of rotatable bonds is 18. The first-order chi connectivity index (χ1) is 32.8. The molecule has 0 unspecified atom stereocenters. The quantitative estimate of drug-likeness (QED) is 0.0261. The first-order valence-electron chi connectivity index (χ1n) is 25.7. The number of carbonyl (C=O) groups excluding carboxylic acids is 3. The van der Waals surface area contributed by atoms with Gasteiger partial charge in [0, 0.05) is 87.5 Å². The Morgan fingerprint density at radius 2 is 1.09 bits per heavy atom. The van der Waals surface area contributed by atoms with E-state index in [0.29, 0.717) is 25.2 Å².